The Morgan fingerprint density at radius 2 is 2.00 bits per heavy atom. The number of aliphatic hydroxyl groups excluding tert-OH is 1. The molecule has 0 heterocycles. The van der Waals surface area contributed by atoms with Crippen LogP contribution in [0, 0.1) is 5.92 Å². The zero-order chi connectivity index (χ0) is 11.4. The predicted octanol–water partition coefficient (Wildman–Crippen LogP) is 2.41. The molecule has 2 aliphatic carbocycles. The number of thioether (sulfide) groups is 1. The molecule has 0 aromatic carbocycles. The van der Waals surface area contributed by atoms with Crippen LogP contribution in [0.15, 0.2) is 0 Å². The van der Waals surface area contributed by atoms with E-state index >= 15 is 0 Å². The van der Waals surface area contributed by atoms with Crippen LogP contribution in [0.25, 0.3) is 0 Å². The summed E-state index contributed by atoms with van der Waals surface area (Å²) in [5.41, 5.74) is 0. The Balaban J connectivity index is 1.84. The molecule has 0 aliphatic heterocycles. The van der Waals surface area contributed by atoms with Gasteiger partial charge >= 0.3 is 0 Å². The van der Waals surface area contributed by atoms with Gasteiger partial charge in [0.15, 0.2) is 0 Å². The molecule has 0 spiro atoms. The van der Waals surface area contributed by atoms with E-state index in [1.165, 1.54) is 38.5 Å². The van der Waals surface area contributed by atoms with Crippen LogP contribution < -0.4 is 5.32 Å². The number of rotatable bonds is 6. The lowest BCUT2D eigenvalue weighted by Gasteiger charge is -2.34. The van der Waals surface area contributed by atoms with E-state index in [9.17, 15) is 0 Å². The number of aliphatic hydroxyl groups is 1. The van der Waals surface area contributed by atoms with Crippen molar-refractivity contribution >= 4 is 11.8 Å². The molecule has 94 valence electrons. The number of nitrogens with one attached hydrogen (secondary N) is 1. The fourth-order valence-corrected chi connectivity index (χ4v) is 3.88. The monoisotopic (exact) mass is 243 g/mol. The molecular weight excluding hydrogens is 218 g/mol. The van der Waals surface area contributed by atoms with E-state index in [0.717, 1.165) is 17.6 Å². The van der Waals surface area contributed by atoms with Gasteiger partial charge in [0.25, 0.3) is 0 Å². The van der Waals surface area contributed by atoms with Gasteiger partial charge in [-0.1, -0.05) is 12.8 Å². The van der Waals surface area contributed by atoms with Crippen LogP contribution >= 0.6 is 11.8 Å². The zero-order valence-corrected chi connectivity index (χ0v) is 11.1. The van der Waals surface area contributed by atoms with Gasteiger partial charge in [-0.25, -0.2) is 0 Å². The first-order chi connectivity index (χ1) is 7.85. The van der Waals surface area contributed by atoms with Gasteiger partial charge in [-0.3, -0.25) is 0 Å². The fraction of sp³-hybridized carbons (Fsp3) is 1.00. The normalized spacial score (nSPS) is 32.6. The summed E-state index contributed by atoms with van der Waals surface area (Å²) in [5.74, 6) is 0.858. The SMILES string of the molecule is CSC1CCCCC1NC(CCO)C1CC1. The molecule has 0 saturated heterocycles. The topological polar surface area (TPSA) is 32.3 Å². The molecule has 3 unspecified atom stereocenters. The number of hydrogen-bond acceptors (Lipinski definition) is 3. The minimum atomic E-state index is 0.338. The molecule has 0 amide bonds. The van der Waals surface area contributed by atoms with E-state index in [4.69, 9.17) is 5.11 Å². The van der Waals surface area contributed by atoms with Crippen LogP contribution in [0.2, 0.25) is 0 Å². The maximum absolute atomic E-state index is 9.12. The second-order valence-corrected chi connectivity index (χ2v) is 6.36. The summed E-state index contributed by atoms with van der Waals surface area (Å²) in [5, 5.41) is 13.8. The average Bonchev–Trinajstić information content (AvgIpc) is 3.13. The summed E-state index contributed by atoms with van der Waals surface area (Å²) in [6.45, 7) is 0.338. The third-order valence-electron chi connectivity index (χ3n) is 4.06. The van der Waals surface area contributed by atoms with Crippen LogP contribution in [0.1, 0.15) is 44.9 Å². The third-order valence-corrected chi connectivity index (χ3v) is 5.23. The van der Waals surface area contributed by atoms with Crippen molar-refractivity contribution in [1.29, 1.82) is 0 Å². The van der Waals surface area contributed by atoms with Crippen LogP contribution in [-0.2, 0) is 0 Å². The van der Waals surface area contributed by atoms with Gasteiger partial charge in [-0.2, -0.15) is 11.8 Å². The molecule has 0 radical (unpaired) electrons. The van der Waals surface area contributed by atoms with Gasteiger partial charge < -0.3 is 10.4 Å². The van der Waals surface area contributed by atoms with Crippen molar-refractivity contribution < 1.29 is 5.11 Å². The molecule has 3 heteroatoms. The number of hydrogen-bond donors (Lipinski definition) is 2. The molecule has 2 rings (SSSR count). The molecule has 0 bridgehead atoms. The highest BCUT2D eigenvalue weighted by Gasteiger charge is 2.34. The summed E-state index contributed by atoms with van der Waals surface area (Å²) in [7, 11) is 0. The van der Waals surface area contributed by atoms with E-state index < -0.39 is 0 Å². The summed E-state index contributed by atoms with van der Waals surface area (Å²) < 4.78 is 0. The lowest BCUT2D eigenvalue weighted by molar-refractivity contribution is 0.239. The summed E-state index contributed by atoms with van der Waals surface area (Å²) in [4.78, 5) is 0. The quantitative estimate of drug-likeness (QED) is 0.751. The molecule has 2 aliphatic rings. The standard InChI is InChI=1S/C13H25NOS/c1-16-13-5-3-2-4-12(13)14-11(8-9-15)10-6-7-10/h10-15H,2-9H2,1H3. The van der Waals surface area contributed by atoms with Crippen molar-refractivity contribution in [1.82, 2.24) is 5.32 Å². The molecule has 2 saturated carbocycles. The highest BCUT2D eigenvalue weighted by Crippen LogP contribution is 2.36. The Labute approximate surface area is 104 Å². The van der Waals surface area contributed by atoms with Crippen molar-refractivity contribution in [3.63, 3.8) is 0 Å². The second kappa shape index (κ2) is 6.27. The molecular formula is C13H25NOS. The van der Waals surface area contributed by atoms with E-state index in [0.29, 0.717) is 18.7 Å². The van der Waals surface area contributed by atoms with Crippen molar-refractivity contribution in [2.75, 3.05) is 12.9 Å². The first kappa shape index (κ1) is 12.7. The van der Waals surface area contributed by atoms with Gasteiger partial charge in [-0.05, 0) is 44.3 Å². The maximum Gasteiger partial charge on any atom is 0.0445 e. The van der Waals surface area contributed by atoms with E-state index in [1.54, 1.807) is 0 Å². The third kappa shape index (κ3) is 3.38. The van der Waals surface area contributed by atoms with Gasteiger partial charge in [0.05, 0.1) is 0 Å². The Kier molecular flexibility index (Phi) is 4.98. The molecule has 0 aromatic rings. The Hall–Kier alpha value is 0.270. The fourth-order valence-electron chi connectivity index (χ4n) is 2.94. The first-order valence-electron chi connectivity index (χ1n) is 6.75. The molecule has 3 atom stereocenters. The predicted molar refractivity (Wildman–Crippen MR) is 70.9 cm³/mol. The largest absolute Gasteiger partial charge is 0.396 e. The van der Waals surface area contributed by atoms with Crippen LogP contribution in [0.4, 0.5) is 0 Å². The second-order valence-electron chi connectivity index (χ2n) is 5.29. The highest BCUT2D eigenvalue weighted by molar-refractivity contribution is 7.99. The van der Waals surface area contributed by atoms with Crippen molar-refractivity contribution in [3.05, 3.63) is 0 Å². The van der Waals surface area contributed by atoms with Crippen LogP contribution in [-0.4, -0.2) is 35.3 Å². The van der Waals surface area contributed by atoms with Crippen molar-refractivity contribution in [2.24, 2.45) is 5.92 Å². The van der Waals surface area contributed by atoms with E-state index in [-0.39, 0.29) is 0 Å². The molecule has 0 aromatic heterocycles. The smallest absolute Gasteiger partial charge is 0.0445 e. The van der Waals surface area contributed by atoms with E-state index in [1.807, 2.05) is 11.8 Å². The van der Waals surface area contributed by atoms with Crippen molar-refractivity contribution in [2.45, 2.75) is 62.3 Å². The van der Waals surface area contributed by atoms with Gasteiger partial charge in [-0.15, -0.1) is 0 Å². The lowest BCUT2D eigenvalue weighted by atomic mass is 9.93. The van der Waals surface area contributed by atoms with E-state index in [2.05, 4.69) is 11.6 Å². The summed E-state index contributed by atoms with van der Waals surface area (Å²) in [6.07, 6.45) is 11.4. The molecule has 2 N–H and O–H groups in total. The Morgan fingerprint density at radius 1 is 1.25 bits per heavy atom. The van der Waals surface area contributed by atoms with Gasteiger partial charge in [0.2, 0.25) is 0 Å². The Morgan fingerprint density at radius 3 is 2.62 bits per heavy atom. The molecule has 2 fully saturated rings. The van der Waals surface area contributed by atoms with Crippen LogP contribution in [0.5, 0.6) is 0 Å². The maximum atomic E-state index is 9.12. The minimum Gasteiger partial charge on any atom is -0.396 e. The summed E-state index contributed by atoms with van der Waals surface area (Å²) in [6, 6.07) is 1.28. The van der Waals surface area contributed by atoms with Gasteiger partial charge in [0, 0.05) is 23.9 Å². The lowest BCUT2D eigenvalue weighted by Crippen LogP contribution is -2.47. The Bertz CT molecular complexity index is 208. The molecule has 16 heavy (non-hydrogen) atoms. The first-order valence-corrected chi connectivity index (χ1v) is 8.03. The summed E-state index contributed by atoms with van der Waals surface area (Å²) >= 11 is 2.02. The van der Waals surface area contributed by atoms with Crippen molar-refractivity contribution in [3.8, 4) is 0 Å². The minimum absolute atomic E-state index is 0.338. The highest BCUT2D eigenvalue weighted by atomic mass is 32.2. The van der Waals surface area contributed by atoms with Gasteiger partial charge in [0.1, 0.15) is 0 Å². The molecule has 2 nitrogen and oxygen atoms in total. The average molecular weight is 243 g/mol. The zero-order valence-electron chi connectivity index (χ0n) is 10.3. The van der Waals surface area contributed by atoms with Crippen LogP contribution in [0.3, 0.4) is 0 Å².